The van der Waals surface area contributed by atoms with E-state index in [2.05, 4.69) is 15.1 Å². The summed E-state index contributed by atoms with van der Waals surface area (Å²) in [6.45, 7) is 5.44. The van der Waals surface area contributed by atoms with Gasteiger partial charge >= 0.3 is 0 Å². The summed E-state index contributed by atoms with van der Waals surface area (Å²) < 4.78 is 25.1. The van der Waals surface area contributed by atoms with Gasteiger partial charge in [0.25, 0.3) is 0 Å². The predicted molar refractivity (Wildman–Crippen MR) is 113 cm³/mol. The normalized spacial score (nSPS) is 27.3. The van der Waals surface area contributed by atoms with Crippen molar-refractivity contribution in [1.29, 1.82) is 0 Å². The maximum atomic E-state index is 13.5. The van der Waals surface area contributed by atoms with Gasteiger partial charge in [0.2, 0.25) is 5.88 Å². The zero-order valence-electron chi connectivity index (χ0n) is 17.0. The SMILES string of the molecule is Fc1ccc(Cl)c(-c2ccc(O[C@@H]3C[C@@H]4CN(CC5CCOCC5)C[C@@H]4C3)nn2)c1. The Morgan fingerprint density at radius 3 is 2.53 bits per heavy atom. The average Bonchev–Trinajstić information content (AvgIpc) is 3.29. The molecule has 0 spiro atoms. The molecule has 2 aromatic rings. The van der Waals surface area contributed by atoms with Crippen molar-refractivity contribution in [3.63, 3.8) is 0 Å². The summed E-state index contributed by atoms with van der Waals surface area (Å²) in [7, 11) is 0. The van der Waals surface area contributed by atoms with Gasteiger partial charge in [0, 0.05) is 44.5 Å². The summed E-state index contributed by atoms with van der Waals surface area (Å²) >= 11 is 6.16. The average molecular weight is 432 g/mol. The molecule has 3 heterocycles. The lowest BCUT2D eigenvalue weighted by atomic mass is 10.00. The van der Waals surface area contributed by atoms with E-state index >= 15 is 0 Å². The number of hydrogen-bond acceptors (Lipinski definition) is 5. The van der Waals surface area contributed by atoms with E-state index < -0.39 is 0 Å². The number of benzene rings is 1. The van der Waals surface area contributed by atoms with Crippen molar-refractivity contribution in [2.45, 2.75) is 31.8 Å². The zero-order chi connectivity index (χ0) is 20.5. The predicted octanol–water partition coefficient (Wildman–Crippen LogP) is 4.45. The van der Waals surface area contributed by atoms with Crippen LogP contribution >= 0.6 is 11.6 Å². The fraction of sp³-hybridized carbons (Fsp3) is 0.565. The number of halogens is 2. The highest BCUT2D eigenvalue weighted by atomic mass is 35.5. The lowest BCUT2D eigenvalue weighted by Gasteiger charge is -2.27. The molecule has 1 aromatic carbocycles. The number of aromatic nitrogens is 2. The van der Waals surface area contributed by atoms with Crippen LogP contribution in [-0.2, 0) is 4.74 Å². The van der Waals surface area contributed by atoms with Gasteiger partial charge in [0.15, 0.2) is 0 Å². The van der Waals surface area contributed by atoms with Crippen LogP contribution in [0.3, 0.4) is 0 Å². The second-order valence-electron chi connectivity index (χ2n) is 8.89. The number of rotatable bonds is 5. The van der Waals surface area contributed by atoms with Crippen molar-refractivity contribution in [3.05, 3.63) is 41.2 Å². The molecule has 0 unspecified atom stereocenters. The first-order valence-electron chi connectivity index (χ1n) is 10.9. The maximum Gasteiger partial charge on any atom is 0.233 e. The molecule has 1 aliphatic carbocycles. The van der Waals surface area contributed by atoms with Crippen LogP contribution in [-0.4, -0.2) is 54.0 Å². The number of likely N-dealkylation sites (tertiary alicyclic amines) is 1. The molecule has 3 aliphatic rings. The molecular weight excluding hydrogens is 405 g/mol. The van der Waals surface area contributed by atoms with E-state index in [4.69, 9.17) is 21.1 Å². The number of ether oxygens (including phenoxy) is 2. The smallest absolute Gasteiger partial charge is 0.233 e. The molecule has 0 bridgehead atoms. The summed E-state index contributed by atoms with van der Waals surface area (Å²) in [6.07, 6.45) is 4.76. The topological polar surface area (TPSA) is 47.5 Å². The summed E-state index contributed by atoms with van der Waals surface area (Å²) in [5, 5.41) is 8.85. The summed E-state index contributed by atoms with van der Waals surface area (Å²) in [4.78, 5) is 2.65. The lowest BCUT2D eigenvalue weighted by molar-refractivity contribution is 0.0539. The zero-order valence-corrected chi connectivity index (χ0v) is 17.7. The second kappa shape index (κ2) is 8.77. The molecule has 1 aromatic heterocycles. The van der Waals surface area contributed by atoms with E-state index in [-0.39, 0.29) is 11.9 Å². The third-order valence-electron chi connectivity index (χ3n) is 6.77. The first kappa shape index (κ1) is 20.2. The third-order valence-corrected chi connectivity index (χ3v) is 7.10. The van der Waals surface area contributed by atoms with Crippen LogP contribution in [0.15, 0.2) is 30.3 Å². The summed E-state index contributed by atoms with van der Waals surface area (Å²) in [6, 6.07) is 7.82. The van der Waals surface area contributed by atoms with E-state index in [1.165, 1.54) is 50.7 Å². The molecule has 5 nitrogen and oxygen atoms in total. The Morgan fingerprint density at radius 2 is 1.83 bits per heavy atom. The molecule has 3 fully saturated rings. The molecule has 0 amide bonds. The van der Waals surface area contributed by atoms with Crippen LogP contribution in [0.25, 0.3) is 11.3 Å². The minimum Gasteiger partial charge on any atom is -0.473 e. The molecule has 160 valence electrons. The van der Waals surface area contributed by atoms with Gasteiger partial charge in [-0.25, -0.2) is 4.39 Å². The van der Waals surface area contributed by atoms with Gasteiger partial charge in [-0.15, -0.1) is 10.2 Å². The first-order chi connectivity index (χ1) is 14.6. The highest BCUT2D eigenvalue weighted by Gasteiger charge is 2.42. The van der Waals surface area contributed by atoms with E-state index in [0.29, 0.717) is 34.0 Å². The summed E-state index contributed by atoms with van der Waals surface area (Å²) in [5.41, 5.74) is 1.08. The Hall–Kier alpha value is -1.76. The number of hydrogen-bond donors (Lipinski definition) is 0. The standard InChI is InChI=1S/C23H27ClFN3O2/c24-21-2-1-18(25)11-20(21)22-3-4-23(27-26-22)30-19-9-16-13-28(14-17(16)10-19)12-15-5-7-29-8-6-15/h1-4,11,15-17,19H,5-10,12-14H2/t16-,17+,19-. The molecular formula is C23H27ClFN3O2. The number of nitrogens with zero attached hydrogens (tertiary/aromatic N) is 3. The third kappa shape index (κ3) is 4.46. The Bertz CT molecular complexity index is 861. The van der Waals surface area contributed by atoms with Crippen LogP contribution in [0.4, 0.5) is 4.39 Å². The highest BCUT2D eigenvalue weighted by Crippen LogP contribution is 2.40. The van der Waals surface area contributed by atoms with E-state index in [0.717, 1.165) is 32.0 Å². The Morgan fingerprint density at radius 1 is 1.07 bits per heavy atom. The minimum atomic E-state index is -0.347. The molecule has 0 radical (unpaired) electrons. The molecule has 2 saturated heterocycles. The molecule has 0 N–H and O–H groups in total. The van der Waals surface area contributed by atoms with Gasteiger partial charge < -0.3 is 14.4 Å². The van der Waals surface area contributed by atoms with Crippen molar-refractivity contribution in [3.8, 4) is 17.1 Å². The van der Waals surface area contributed by atoms with Gasteiger partial charge in [-0.2, -0.15) is 0 Å². The molecule has 1 saturated carbocycles. The van der Waals surface area contributed by atoms with Crippen LogP contribution in [0.1, 0.15) is 25.7 Å². The molecule has 2 aliphatic heterocycles. The van der Waals surface area contributed by atoms with E-state index in [1.54, 1.807) is 12.1 Å². The van der Waals surface area contributed by atoms with Crippen LogP contribution in [0.5, 0.6) is 5.88 Å². The second-order valence-corrected chi connectivity index (χ2v) is 9.29. The fourth-order valence-corrected chi connectivity index (χ4v) is 5.49. The first-order valence-corrected chi connectivity index (χ1v) is 11.3. The van der Waals surface area contributed by atoms with Crippen molar-refractivity contribution in [2.24, 2.45) is 17.8 Å². The molecule has 5 rings (SSSR count). The number of fused-ring (bicyclic) bond motifs is 1. The Balaban J connectivity index is 1.14. The van der Waals surface area contributed by atoms with E-state index in [9.17, 15) is 4.39 Å². The quantitative estimate of drug-likeness (QED) is 0.699. The lowest BCUT2D eigenvalue weighted by Crippen LogP contribution is -2.32. The van der Waals surface area contributed by atoms with Crippen molar-refractivity contribution in [1.82, 2.24) is 15.1 Å². The van der Waals surface area contributed by atoms with Gasteiger partial charge in [0.05, 0.1) is 10.7 Å². The Labute approximate surface area is 181 Å². The van der Waals surface area contributed by atoms with Gasteiger partial charge in [-0.3, -0.25) is 0 Å². The van der Waals surface area contributed by atoms with E-state index in [1.807, 2.05) is 0 Å². The fourth-order valence-electron chi connectivity index (χ4n) is 5.27. The van der Waals surface area contributed by atoms with Crippen molar-refractivity contribution < 1.29 is 13.9 Å². The highest BCUT2D eigenvalue weighted by molar-refractivity contribution is 6.33. The van der Waals surface area contributed by atoms with Crippen LogP contribution in [0.2, 0.25) is 5.02 Å². The largest absolute Gasteiger partial charge is 0.473 e. The Kier molecular flexibility index (Phi) is 5.89. The van der Waals surface area contributed by atoms with Gasteiger partial charge in [0.1, 0.15) is 11.9 Å². The van der Waals surface area contributed by atoms with Gasteiger partial charge in [-0.05, 0) is 67.7 Å². The van der Waals surface area contributed by atoms with Crippen molar-refractivity contribution in [2.75, 3.05) is 32.8 Å². The maximum absolute atomic E-state index is 13.5. The minimum absolute atomic E-state index is 0.197. The summed E-state index contributed by atoms with van der Waals surface area (Å²) in [5.74, 6) is 2.40. The molecule has 30 heavy (non-hydrogen) atoms. The molecule has 7 heteroatoms. The van der Waals surface area contributed by atoms with Crippen molar-refractivity contribution >= 4 is 11.6 Å². The van der Waals surface area contributed by atoms with Gasteiger partial charge in [-0.1, -0.05) is 11.6 Å². The monoisotopic (exact) mass is 431 g/mol. The van der Waals surface area contributed by atoms with Crippen LogP contribution < -0.4 is 4.74 Å². The van der Waals surface area contributed by atoms with Crippen LogP contribution in [0, 0.1) is 23.6 Å². The molecule has 3 atom stereocenters.